The number of allylic oxidation sites excluding steroid dienone is 1. The number of carbonyl (C=O) groups excluding carboxylic acids is 3. The van der Waals surface area contributed by atoms with Crippen LogP contribution in [0.15, 0.2) is 65.3 Å². The van der Waals surface area contributed by atoms with Crippen LogP contribution in [0.5, 0.6) is 0 Å². The van der Waals surface area contributed by atoms with E-state index in [9.17, 15) is 4.79 Å². The lowest BCUT2D eigenvalue weighted by molar-refractivity contribution is -0.122. The molecule has 1 amide bonds. The number of para-hydroxylation sites is 1. The minimum atomic E-state index is -0.282. The van der Waals surface area contributed by atoms with Crippen LogP contribution < -0.4 is 5.32 Å². The highest BCUT2D eigenvalue weighted by Crippen LogP contribution is 2.21. The summed E-state index contributed by atoms with van der Waals surface area (Å²) in [6.45, 7) is 12.0. The maximum Gasteiger partial charge on any atom is 0.273 e. The van der Waals surface area contributed by atoms with Crippen molar-refractivity contribution < 1.29 is 14.4 Å². The number of nitrogens with zero attached hydrogens (tertiary/aromatic N) is 1. The van der Waals surface area contributed by atoms with Gasteiger partial charge in [-0.2, -0.15) is 0 Å². The van der Waals surface area contributed by atoms with Crippen molar-refractivity contribution in [1.82, 2.24) is 0 Å². The zero-order valence-corrected chi connectivity index (χ0v) is 19.7. The summed E-state index contributed by atoms with van der Waals surface area (Å²) in [5.74, 6) is 0.160. The lowest BCUT2D eigenvalue weighted by Crippen LogP contribution is -2.14. The van der Waals surface area contributed by atoms with Crippen molar-refractivity contribution in [3.63, 3.8) is 0 Å². The molecule has 5 nitrogen and oxygen atoms in total. The summed E-state index contributed by atoms with van der Waals surface area (Å²) in [6.07, 6.45) is 2.09. The molecular formula is C25H31ClN2O3. The predicted octanol–water partition coefficient (Wildman–Crippen LogP) is 6.23. The summed E-state index contributed by atoms with van der Waals surface area (Å²) in [5.41, 5.74) is 3.98. The molecule has 2 aromatic rings. The molecule has 6 heteroatoms. The fourth-order valence-corrected chi connectivity index (χ4v) is 2.55. The van der Waals surface area contributed by atoms with Gasteiger partial charge in [0.15, 0.2) is 12.6 Å². The second-order valence-corrected chi connectivity index (χ2v) is 6.76. The standard InChI is InChI=1S/C21H23ClN2O.C2H2O2.C2H6/c1-5-19(21(25)24-20-12-7-6-11-18(20)22)23-15(4)17-10-8-9-16(13-17)14(2)3;3-1-2-4;1-2/h5-14H,1-4H3,(H,24,25);1-2H;1-2H3/b19-5-,23-15?;;. The number of aldehydes is 2. The lowest BCUT2D eigenvalue weighted by atomic mass is 9.99. The van der Waals surface area contributed by atoms with Crippen LogP contribution in [0.4, 0.5) is 5.69 Å². The van der Waals surface area contributed by atoms with Crippen LogP contribution in [-0.2, 0) is 14.4 Å². The Kier molecular flexibility index (Phi) is 14.2. The first-order valence-corrected chi connectivity index (χ1v) is 10.5. The molecule has 0 spiro atoms. The number of nitrogens with one attached hydrogen (secondary N) is 1. The quantitative estimate of drug-likeness (QED) is 0.249. The molecule has 0 aliphatic carbocycles. The maximum absolute atomic E-state index is 12.5. The third-order valence-corrected chi connectivity index (χ3v) is 4.27. The highest BCUT2D eigenvalue weighted by molar-refractivity contribution is 6.33. The topological polar surface area (TPSA) is 75.6 Å². The molecule has 0 saturated heterocycles. The predicted molar refractivity (Wildman–Crippen MR) is 130 cm³/mol. The van der Waals surface area contributed by atoms with Crippen LogP contribution in [0, 0.1) is 0 Å². The molecule has 0 heterocycles. The molecule has 0 unspecified atom stereocenters. The molecule has 0 aliphatic heterocycles. The van der Waals surface area contributed by atoms with Crippen LogP contribution in [0.2, 0.25) is 5.02 Å². The van der Waals surface area contributed by atoms with E-state index in [2.05, 4.69) is 36.3 Å². The highest BCUT2D eigenvalue weighted by Gasteiger charge is 2.11. The molecule has 1 N–H and O–H groups in total. The zero-order valence-electron chi connectivity index (χ0n) is 19.0. The van der Waals surface area contributed by atoms with Crippen LogP contribution in [0.1, 0.15) is 58.6 Å². The van der Waals surface area contributed by atoms with Crippen molar-refractivity contribution in [2.24, 2.45) is 4.99 Å². The molecular weight excluding hydrogens is 412 g/mol. The molecule has 0 saturated carbocycles. The van der Waals surface area contributed by atoms with Gasteiger partial charge in [0.2, 0.25) is 0 Å². The molecule has 0 radical (unpaired) electrons. The Morgan fingerprint density at radius 1 is 1.03 bits per heavy atom. The number of aliphatic imine (C=N–C) groups is 1. The van der Waals surface area contributed by atoms with Crippen molar-refractivity contribution in [1.29, 1.82) is 0 Å². The second-order valence-electron chi connectivity index (χ2n) is 6.36. The average molecular weight is 443 g/mol. The smallest absolute Gasteiger partial charge is 0.273 e. The summed E-state index contributed by atoms with van der Waals surface area (Å²) in [7, 11) is 0. The molecule has 166 valence electrons. The highest BCUT2D eigenvalue weighted by atomic mass is 35.5. The summed E-state index contributed by atoms with van der Waals surface area (Å²) in [4.78, 5) is 34.6. The van der Waals surface area contributed by atoms with Gasteiger partial charge in [-0.05, 0) is 49.1 Å². The van der Waals surface area contributed by atoms with Crippen LogP contribution >= 0.6 is 11.6 Å². The van der Waals surface area contributed by atoms with E-state index in [-0.39, 0.29) is 18.5 Å². The van der Waals surface area contributed by atoms with E-state index >= 15 is 0 Å². The van der Waals surface area contributed by atoms with Crippen molar-refractivity contribution in [2.45, 2.75) is 47.5 Å². The fourth-order valence-electron chi connectivity index (χ4n) is 2.36. The zero-order chi connectivity index (χ0) is 23.8. The van der Waals surface area contributed by atoms with Crippen LogP contribution in [0.25, 0.3) is 0 Å². The fraction of sp³-hybridized carbons (Fsp3) is 0.280. The van der Waals surface area contributed by atoms with Gasteiger partial charge in [-0.3, -0.25) is 14.4 Å². The molecule has 0 fully saturated rings. The van der Waals surface area contributed by atoms with Gasteiger partial charge in [-0.1, -0.05) is 75.7 Å². The number of hydrogen-bond donors (Lipinski definition) is 1. The summed E-state index contributed by atoms with van der Waals surface area (Å²) >= 11 is 6.09. The van der Waals surface area contributed by atoms with Gasteiger partial charge in [0, 0.05) is 5.71 Å². The Balaban J connectivity index is 0.00000134. The van der Waals surface area contributed by atoms with Gasteiger partial charge in [0.1, 0.15) is 5.70 Å². The normalized spacial score (nSPS) is 10.8. The SMILES string of the molecule is C/C=C(\N=C(C)c1cccc(C(C)C)c1)C(=O)Nc1ccccc1Cl.CC.O=CC=O. The Bertz CT molecular complexity index is 912. The van der Waals surface area contributed by atoms with Crippen LogP contribution in [0.3, 0.4) is 0 Å². The van der Waals surface area contributed by atoms with Gasteiger partial charge in [-0.25, -0.2) is 4.99 Å². The monoisotopic (exact) mass is 442 g/mol. The van der Waals surface area contributed by atoms with Gasteiger partial charge in [0.05, 0.1) is 10.7 Å². The lowest BCUT2D eigenvalue weighted by Gasteiger charge is -2.10. The van der Waals surface area contributed by atoms with E-state index in [0.717, 1.165) is 11.3 Å². The van der Waals surface area contributed by atoms with Crippen molar-refractivity contribution in [2.75, 3.05) is 5.32 Å². The van der Waals surface area contributed by atoms with E-state index in [0.29, 0.717) is 22.3 Å². The summed E-state index contributed by atoms with van der Waals surface area (Å²) < 4.78 is 0. The maximum atomic E-state index is 12.5. The molecule has 2 aromatic carbocycles. The third kappa shape index (κ3) is 10.0. The Labute approximate surface area is 190 Å². The number of halogens is 1. The molecule has 31 heavy (non-hydrogen) atoms. The third-order valence-electron chi connectivity index (χ3n) is 3.94. The van der Waals surface area contributed by atoms with Crippen LogP contribution in [-0.4, -0.2) is 24.2 Å². The molecule has 0 bridgehead atoms. The number of anilines is 1. The van der Waals surface area contributed by atoms with E-state index < -0.39 is 0 Å². The minimum Gasteiger partial charge on any atom is -0.319 e. The van der Waals surface area contributed by atoms with E-state index in [1.54, 1.807) is 25.1 Å². The Morgan fingerprint density at radius 2 is 1.65 bits per heavy atom. The Hall–Kier alpha value is -3.05. The van der Waals surface area contributed by atoms with Crippen molar-refractivity contribution >= 4 is 41.5 Å². The number of benzene rings is 2. The molecule has 0 aliphatic rings. The van der Waals surface area contributed by atoms with Gasteiger partial charge >= 0.3 is 0 Å². The first-order chi connectivity index (χ1) is 14.8. The summed E-state index contributed by atoms with van der Waals surface area (Å²) in [5, 5.41) is 3.30. The van der Waals surface area contributed by atoms with Gasteiger partial charge < -0.3 is 5.32 Å². The van der Waals surface area contributed by atoms with Crippen molar-refractivity contribution in [3.8, 4) is 0 Å². The summed E-state index contributed by atoms with van der Waals surface area (Å²) in [6, 6.07) is 15.4. The van der Waals surface area contributed by atoms with E-state index in [1.165, 1.54) is 5.56 Å². The molecule has 2 rings (SSSR count). The number of carbonyl (C=O) groups is 3. The molecule has 0 aromatic heterocycles. The second kappa shape index (κ2) is 15.7. The number of amides is 1. The number of rotatable bonds is 6. The first-order valence-electron chi connectivity index (χ1n) is 10.1. The number of hydrogen-bond acceptors (Lipinski definition) is 4. The minimum absolute atomic E-state index is 0.194. The molecule has 0 atom stereocenters. The Morgan fingerprint density at radius 3 is 2.16 bits per heavy atom. The first kappa shape index (κ1) is 27.9. The van der Waals surface area contributed by atoms with E-state index in [1.807, 2.05) is 45.0 Å². The van der Waals surface area contributed by atoms with E-state index in [4.69, 9.17) is 21.2 Å². The van der Waals surface area contributed by atoms with Gasteiger partial charge in [0.25, 0.3) is 5.91 Å². The van der Waals surface area contributed by atoms with Gasteiger partial charge in [-0.15, -0.1) is 0 Å². The van der Waals surface area contributed by atoms with Crippen molar-refractivity contribution in [3.05, 3.63) is 76.5 Å². The largest absolute Gasteiger partial charge is 0.319 e. The average Bonchev–Trinajstić information content (AvgIpc) is 2.80.